The van der Waals surface area contributed by atoms with E-state index in [1.807, 2.05) is 36.4 Å². The molecule has 0 saturated heterocycles. The van der Waals surface area contributed by atoms with Crippen molar-refractivity contribution in [2.24, 2.45) is 4.99 Å². The smallest absolute Gasteiger partial charge is 0.338 e. The van der Waals surface area contributed by atoms with Crippen LogP contribution in [-0.2, 0) is 16.1 Å². The van der Waals surface area contributed by atoms with Gasteiger partial charge in [0, 0.05) is 16.1 Å². The molecule has 0 bridgehead atoms. The Morgan fingerprint density at radius 3 is 2.46 bits per heavy atom. The minimum atomic E-state index is -0.932. The predicted octanol–water partition coefficient (Wildman–Crippen LogP) is 7.61. The molecule has 11 heteroatoms. The molecule has 0 spiro atoms. The van der Waals surface area contributed by atoms with Gasteiger partial charge < -0.3 is 9.47 Å². The summed E-state index contributed by atoms with van der Waals surface area (Å²) in [6.07, 6.45) is 1.68. The Bertz CT molecular complexity index is 2160. The first-order valence-corrected chi connectivity index (χ1v) is 16.1. The van der Waals surface area contributed by atoms with Gasteiger partial charge in [-0.3, -0.25) is 9.36 Å². The highest BCUT2D eigenvalue weighted by atomic mass is 35.5. The van der Waals surface area contributed by atoms with Crippen LogP contribution in [0.3, 0.4) is 0 Å². The number of hydrogen-bond acceptors (Lipinski definition) is 6. The summed E-state index contributed by atoms with van der Waals surface area (Å²) in [6, 6.07) is 24.3. The van der Waals surface area contributed by atoms with Crippen LogP contribution < -0.4 is 19.6 Å². The Labute approximate surface area is 282 Å². The summed E-state index contributed by atoms with van der Waals surface area (Å²) >= 11 is 19.8. The molecule has 0 fully saturated rings. The molecule has 4 aromatic carbocycles. The Kier molecular flexibility index (Phi) is 9.42. The van der Waals surface area contributed by atoms with E-state index in [-0.39, 0.29) is 18.8 Å². The molecule has 5 aromatic rings. The second-order valence-electron chi connectivity index (χ2n) is 10.2. The summed E-state index contributed by atoms with van der Waals surface area (Å²) in [5.41, 5.74) is 2.69. The highest BCUT2D eigenvalue weighted by molar-refractivity contribution is 7.07. The second kappa shape index (κ2) is 13.6. The number of nitrogens with zero attached hydrogens (tertiary/aromatic N) is 2. The fourth-order valence-corrected chi connectivity index (χ4v) is 6.59. The third kappa shape index (κ3) is 6.52. The van der Waals surface area contributed by atoms with Crippen LogP contribution in [-0.4, -0.2) is 17.1 Å². The SMILES string of the molecule is CCOC(=O)C1=C(c2ccccc2)N=c2s/c(=C\c3cc(Cl)ccc3OCc3ccc(Cl)c(Cl)c3)c(=O)n2[C@H]1c1ccc(F)cc1. The molecule has 0 saturated carbocycles. The molecule has 0 N–H and O–H groups in total. The summed E-state index contributed by atoms with van der Waals surface area (Å²) in [5, 5.41) is 1.29. The molecule has 0 aliphatic carbocycles. The number of hydrogen-bond donors (Lipinski definition) is 0. The number of esters is 1. The van der Waals surface area contributed by atoms with Crippen LogP contribution in [0.2, 0.25) is 15.1 Å². The zero-order valence-corrected chi connectivity index (χ0v) is 27.3. The normalized spacial score (nSPS) is 14.5. The maximum absolute atomic E-state index is 14.2. The van der Waals surface area contributed by atoms with E-state index in [1.54, 1.807) is 55.5 Å². The maximum Gasteiger partial charge on any atom is 0.338 e. The number of thiazole rings is 1. The van der Waals surface area contributed by atoms with Crippen molar-refractivity contribution in [3.05, 3.63) is 159 Å². The van der Waals surface area contributed by atoms with Gasteiger partial charge in [-0.2, -0.15) is 0 Å². The van der Waals surface area contributed by atoms with E-state index in [0.717, 1.165) is 16.9 Å². The number of carbonyl (C=O) groups excluding carboxylic acids is 1. The molecule has 0 unspecified atom stereocenters. The topological polar surface area (TPSA) is 69.9 Å². The van der Waals surface area contributed by atoms with Gasteiger partial charge >= 0.3 is 5.97 Å². The molecule has 6 rings (SSSR count). The minimum absolute atomic E-state index is 0.116. The first-order valence-electron chi connectivity index (χ1n) is 14.1. The maximum atomic E-state index is 14.2. The van der Waals surface area contributed by atoms with Crippen molar-refractivity contribution < 1.29 is 18.7 Å². The van der Waals surface area contributed by atoms with Crippen molar-refractivity contribution in [3.8, 4) is 5.75 Å². The molecular weight excluding hydrogens is 670 g/mol. The van der Waals surface area contributed by atoms with Crippen molar-refractivity contribution >= 4 is 63.9 Å². The average Bonchev–Trinajstić information content (AvgIpc) is 3.36. The van der Waals surface area contributed by atoms with Gasteiger partial charge in [0.25, 0.3) is 5.56 Å². The number of aromatic nitrogens is 1. The van der Waals surface area contributed by atoms with Crippen LogP contribution in [0.1, 0.15) is 35.2 Å². The van der Waals surface area contributed by atoms with Crippen LogP contribution in [0.5, 0.6) is 5.75 Å². The zero-order valence-electron chi connectivity index (χ0n) is 24.2. The fraction of sp³-hybridized carbons (Fsp3) is 0.114. The predicted molar refractivity (Wildman–Crippen MR) is 180 cm³/mol. The Morgan fingerprint density at radius 1 is 0.978 bits per heavy atom. The van der Waals surface area contributed by atoms with E-state index >= 15 is 0 Å². The van der Waals surface area contributed by atoms with E-state index in [9.17, 15) is 14.0 Å². The van der Waals surface area contributed by atoms with Gasteiger partial charge in [-0.05, 0) is 66.6 Å². The summed E-state index contributed by atoms with van der Waals surface area (Å²) in [6.45, 7) is 2.01. The number of halogens is 4. The number of carbonyl (C=O) groups is 1. The largest absolute Gasteiger partial charge is 0.488 e. The van der Waals surface area contributed by atoms with Crippen molar-refractivity contribution in [2.45, 2.75) is 19.6 Å². The molecule has 1 atom stereocenters. The summed E-state index contributed by atoms with van der Waals surface area (Å²) in [7, 11) is 0. The summed E-state index contributed by atoms with van der Waals surface area (Å²) < 4.78 is 27.4. The molecule has 46 heavy (non-hydrogen) atoms. The average molecular weight is 694 g/mol. The fourth-order valence-electron chi connectivity index (χ4n) is 5.10. The van der Waals surface area contributed by atoms with E-state index in [1.165, 1.54) is 16.7 Å². The lowest BCUT2D eigenvalue weighted by atomic mass is 9.93. The molecule has 232 valence electrons. The third-order valence-corrected chi connectivity index (χ3v) is 9.15. The van der Waals surface area contributed by atoms with Crippen molar-refractivity contribution in [1.29, 1.82) is 0 Å². The molecule has 0 radical (unpaired) electrons. The van der Waals surface area contributed by atoms with E-state index in [0.29, 0.717) is 52.5 Å². The Morgan fingerprint density at radius 2 is 1.74 bits per heavy atom. The lowest BCUT2D eigenvalue weighted by molar-refractivity contribution is -0.138. The van der Waals surface area contributed by atoms with Crippen molar-refractivity contribution in [3.63, 3.8) is 0 Å². The number of ether oxygens (including phenoxy) is 2. The molecule has 1 aliphatic rings. The van der Waals surface area contributed by atoms with Gasteiger partial charge in [0.2, 0.25) is 0 Å². The van der Waals surface area contributed by atoms with Crippen molar-refractivity contribution in [1.82, 2.24) is 4.57 Å². The van der Waals surface area contributed by atoms with E-state index in [4.69, 9.17) is 49.3 Å². The van der Waals surface area contributed by atoms with E-state index < -0.39 is 23.4 Å². The van der Waals surface area contributed by atoms with Gasteiger partial charge in [-0.15, -0.1) is 0 Å². The van der Waals surface area contributed by atoms with Crippen LogP contribution in [0, 0.1) is 5.82 Å². The van der Waals surface area contributed by atoms with Crippen LogP contribution in [0.15, 0.2) is 106 Å². The Balaban J connectivity index is 1.52. The van der Waals surface area contributed by atoms with Crippen LogP contribution in [0.4, 0.5) is 4.39 Å². The highest BCUT2D eigenvalue weighted by Gasteiger charge is 2.35. The highest BCUT2D eigenvalue weighted by Crippen LogP contribution is 2.35. The van der Waals surface area contributed by atoms with Gasteiger partial charge in [-0.1, -0.05) is 94.7 Å². The summed E-state index contributed by atoms with van der Waals surface area (Å²) in [4.78, 5) is 33.0. The van der Waals surface area contributed by atoms with Gasteiger partial charge in [-0.25, -0.2) is 14.2 Å². The number of benzene rings is 4. The monoisotopic (exact) mass is 692 g/mol. The standard InChI is InChI=1S/C35H24Cl3FN2O4S/c1-2-44-34(43)30-31(21-6-4-3-5-7-21)40-35-41(32(30)22-9-12-25(39)13-10-22)33(42)29(46-35)18-23-17-24(36)11-15-28(23)45-19-20-8-14-26(37)27(38)16-20/h3-18,32H,2,19H2,1H3/b29-18-/t32-/m0/s1. The minimum Gasteiger partial charge on any atom is -0.488 e. The molecule has 1 aliphatic heterocycles. The molecular formula is C35H24Cl3FN2O4S. The molecule has 1 aromatic heterocycles. The van der Waals surface area contributed by atoms with Gasteiger partial charge in [0.05, 0.1) is 38.5 Å². The third-order valence-electron chi connectivity index (χ3n) is 7.20. The van der Waals surface area contributed by atoms with Crippen LogP contribution >= 0.6 is 46.1 Å². The van der Waals surface area contributed by atoms with E-state index in [2.05, 4.69) is 0 Å². The lowest BCUT2D eigenvalue weighted by Gasteiger charge is -2.25. The van der Waals surface area contributed by atoms with Crippen molar-refractivity contribution in [2.75, 3.05) is 6.61 Å². The van der Waals surface area contributed by atoms with Crippen LogP contribution in [0.25, 0.3) is 11.8 Å². The van der Waals surface area contributed by atoms with Gasteiger partial charge in [0.1, 0.15) is 18.2 Å². The lowest BCUT2D eigenvalue weighted by Crippen LogP contribution is -2.40. The first kappa shape index (κ1) is 31.8. The Hall–Kier alpha value is -4.21. The summed E-state index contributed by atoms with van der Waals surface area (Å²) in [5.74, 6) is -0.592. The number of rotatable bonds is 8. The number of fused-ring (bicyclic) bond motifs is 1. The zero-order chi connectivity index (χ0) is 32.4. The molecule has 6 nitrogen and oxygen atoms in total. The first-order chi connectivity index (χ1) is 22.2. The quantitative estimate of drug-likeness (QED) is 0.157. The second-order valence-corrected chi connectivity index (χ2v) is 12.5. The molecule has 0 amide bonds. The molecule has 2 heterocycles. The van der Waals surface area contributed by atoms with Gasteiger partial charge in [0.15, 0.2) is 4.80 Å².